The van der Waals surface area contributed by atoms with Gasteiger partial charge in [0.15, 0.2) is 0 Å². The number of sulfonamides is 1. The van der Waals surface area contributed by atoms with Gasteiger partial charge in [-0.3, -0.25) is 0 Å². The molecule has 0 amide bonds. The van der Waals surface area contributed by atoms with Crippen molar-refractivity contribution in [2.24, 2.45) is 0 Å². The standard InChI is InChI=1S/C9H9BrF3NO2S2/c10-7-3-4-17-8(7)18(15,16)14(6-1-2-6)5-9(11,12)13/h3-4,6H,1-2,5H2. The van der Waals surface area contributed by atoms with E-state index in [0.29, 0.717) is 21.6 Å². The number of hydrogen-bond acceptors (Lipinski definition) is 3. The zero-order chi connectivity index (χ0) is 13.6. The number of hydrogen-bond donors (Lipinski definition) is 0. The SMILES string of the molecule is O=S(=O)(c1sccc1Br)N(CC(F)(F)F)C1CC1. The van der Waals surface area contributed by atoms with E-state index in [1.807, 2.05) is 0 Å². The van der Waals surface area contributed by atoms with Crippen molar-refractivity contribution in [3.05, 3.63) is 15.9 Å². The first-order valence-electron chi connectivity index (χ1n) is 5.03. The van der Waals surface area contributed by atoms with Crippen molar-refractivity contribution in [2.45, 2.75) is 29.3 Å². The number of thiophene rings is 1. The lowest BCUT2D eigenvalue weighted by Crippen LogP contribution is -2.40. The second-order valence-corrected chi connectivity index (χ2v) is 7.81. The van der Waals surface area contributed by atoms with Crippen LogP contribution in [0.1, 0.15) is 12.8 Å². The lowest BCUT2D eigenvalue weighted by Gasteiger charge is -2.22. The van der Waals surface area contributed by atoms with Crippen molar-refractivity contribution in [3.63, 3.8) is 0 Å². The zero-order valence-corrected chi connectivity index (χ0v) is 12.2. The van der Waals surface area contributed by atoms with Crippen LogP contribution in [0.4, 0.5) is 13.2 Å². The lowest BCUT2D eigenvalue weighted by atomic mass is 10.6. The molecule has 0 radical (unpaired) electrons. The average Bonchev–Trinajstić information content (AvgIpc) is 2.95. The summed E-state index contributed by atoms with van der Waals surface area (Å²) in [4.78, 5) is 0. The van der Waals surface area contributed by atoms with Crippen molar-refractivity contribution < 1.29 is 21.6 Å². The van der Waals surface area contributed by atoms with E-state index < -0.39 is 28.8 Å². The van der Waals surface area contributed by atoms with Crippen molar-refractivity contribution in [3.8, 4) is 0 Å². The minimum atomic E-state index is -4.53. The van der Waals surface area contributed by atoms with Gasteiger partial charge in [-0.25, -0.2) is 8.42 Å². The van der Waals surface area contributed by atoms with Crippen molar-refractivity contribution in [1.82, 2.24) is 4.31 Å². The molecule has 3 nitrogen and oxygen atoms in total. The van der Waals surface area contributed by atoms with Gasteiger partial charge in [0.2, 0.25) is 0 Å². The van der Waals surface area contributed by atoms with Crippen LogP contribution >= 0.6 is 27.3 Å². The topological polar surface area (TPSA) is 37.4 Å². The summed E-state index contributed by atoms with van der Waals surface area (Å²) in [6.07, 6.45) is -3.56. The summed E-state index contributed by atoms with van der Waals surface area (Å²) in [6.45, 7) is -1.43. The summed E-state index contributed by atoms with van der Waals surface area (Å²) >= 11 is 3.96. The van der Waals surface area contributed by atoms with Crippen molar-refractivity contribution in [2.75, 3.05) is 6.54 Å². The minimum Gasteiger partial charge on any atom is -0.206 e. The van der Waals surface area contributed by atoms with Gasteiger partial charge in [-0.15, -0.1) is 11.3 Å². The van der Waals surface area contributed by atoms with Gasteiger partial charge in [-0.05, 0) is 40.2 Å². The molecule has 1 aromatic heterocycles. The monoisotopic (exact) mass is 363 g/mol. The molecule has 9 heteroatoms. The predicted molar refractivity (Wildman–Crippen MR) is 65.0 cm³/mol. The molecule has 2 rings (SSSR count). The van der Waals surface area contributed by atoms with E-state index in [-0.39, 0.29) is 4.21 Å². The molecule has 0 saturated heterocycles. The Morgan fingerprint density at radius 1 is 1.44 bits per heavy atom. The molecule has 0 aliphatic heterocycles. The van der Waals surface area contributed by atoms with Crippen LogP contribution in [-0.2, 0) is 10.0 Å². The number of alkyl halides is 3. The maximum atomic E-state index is 12.5. The highest BCUT2D eigenvalue weighted by Crippen LogP contribution is 2.38. The fourth-order valence-corrected chi connectivity index (χ4v) is 5.62. The molecule has 1 aliphatic rings. The molecule has 0 atom stereocenters. The summed E-state index contributed by atoms with van der Waals surface area (Å²) < 4.78 is 62.5. The van der Waals surface area contributed by atoms with E-state index in [1.165, 1.54) is 11.4 Å². The fraction of sp³-hybridized carbons (Fsp3) is 0.556. The van der Waals surface area contributed by atoms with Gasteiger partial charge in [0, 0.05) is 10.5 Å². The summed E-state index contributed by atoms with van der Waals surface area (Å²) in [5.74, 6) is 0. The third-order valence-corrected chi connectivity index (χ3v) is 6.96. The first kappa shape index (κ1) is 14.3. The van der Waals surface area contributed by atoms with Crippen LogP contribution < -0.4 is 0 Å². The molecule has 1 fully saturated rings. The highest BCUT2D eigenvalue weighted by molar-refractivity contribution is 9.10. The first-order chi connectivity index (χ1) is 8.22. The van der Waals surface area contributed by atoms with E-state index in [1.54, 1.807) is 0 Å². The molecule has 1 saturated carbocycles. The quantitative estimate of drug-likeness (QED) is 0.823. The van der Waals surface area contributed by atoms with Crippen LogP contribution in [0.15, 0.2) is 20.1 Å². The zero-order valence-electron chi connectivity index (χ0n) is 8.95. The molecular formula is C9H9BrF3NO2S2. The Morgan fingerprint density at radius 3 is 2.44 bits per heavy atom. The number of nitrogens with zero attached hydrogens (tertiary/aromatic N) is 1. The van der Waals surface area contributed by atoms with Gasteiger partial charge in [0.1, 0.15) is 10.8 Å². The summed E-state index contributed by atoms with van der Waals surface area (Å²) in [6, 6.07) is 0.988. The maximum absolute atomic E-state index is 12.5. The molecule has 0 unspecified atom stereocenters. The molecule has 0 bridgehead atoms. The van der Waals surface area contributed by atoms with Gasteiger partial charge < -0.3 is 0 Å². The molecule has 0 aromatic carbocycles. The van der Waals surface area contributed by atoms with E-state index in [4.69, 9.17) is 0 Å². The normalized spacial score (nSPS) is 17.4. The molecule has 0 spiro atoms. The van der Waals surface area contributed by atoms with Crippen LogP contribution in [0.5, 0.6) is 0 Å². The predicted octanol–water partition coefficient (Wildman–Crippen LogP) is 3.23. The molecule has 102 valence electrons. The smallest absolute Gasteiger partial charge is 0.206 e. The second-order valence-electron chi connectivity index (χ2n) is 3.95. The molecule has 1 heterocycles. The summed E-state index contributed by atoms with van der Waals surface area (Å²) in [7, 11) is -4.07. The average molecular weight is 364 g/mol. The van der Waals surface area contributed by atoms with Gasteiger partial charge in [-0.2, -0.15) is 17.5 Å². The molecular weight excluding hydrogens is 355 g/mol. The van der Waals surface area contributed by atoms with E-state index >= 15 is 0 Å². The largest absolute Gasteiger partial charge is 0.402 e. The Hall–Kier alpha value is -0.120. The van der Waals surface area contributed by atoms with E-state index in [9.17, 15) is 21.6 Å². The third kappa shape index (κ3) is 3.06. The van der Waals surface area contributed by atoms with Crippen LogP contribution in [0, 0.1) is 0 Å². The molecule has 18 heavy (non-hydrogen) atoms. The maximum Gasteiger partial charge on any atom is 0.402 e. The van der Waals surface area contributed by atoms with Crippen LogP contribution in [-0.4, -0.2) is 31.5 Å². The molecule has 1 aromatic rings. The minimum absolute atomic E-state index is 0.0707. The van der Waals surface area contributed by atoms with Crippen molar-refractivity contribution in [1.29, 1.82) is 0 Å². The van der Waals surface area contributed by atoms with Gasteiger partial charge in [-0.1, -0.05) is 0 Å². The fourth-order valence-electron chi connectivity index (χ4n) is 1.52. The first-order valence-corrected chi connectivity index (χ1v) is 8.14. The second kappa shape index (κ2) is 4.77. The Labute approximate surface area is 115 Å². The van der Waals surface area contributed by atoms with Crippen molar-refractivity contribution >= 4 is 37.3 Å². The van der Waals surface area contributed by atoms with Crippen LogP contribution in [0.3, 0.4) is 0 Å². The van der Waals surface area contributed by atoms with E-state index in [0.717, 1.165) is 11.3 Å². The van der Waals surface area contributed by atoms with Gasteiger partial charge in [0.25, 0.3) is 10.0 Å². The Balaban J connectivity index is 2.34. The summed E-state index contributed by atoms with van der Waals surface area (Å²) in [5, 5.41) is 1.52. The lowest BCUT2D eigenvalue weighted by molar-refractivity contribution is -0.136. The Kier molecular flexibility index (Phi) is 3.79. The van der Waals surface area contributed by atoms with Crippen LogP contribution in [0.25, 0.3) is 0 Å². The molecule has 0 N–H and O–H groups in total. The highest BCUT2D eigenvalue weighted by atomic mass is 79.9. The summed E-state index contributed by atoms with van der Waals surface area (Å²) in [5.41, 5.74) is 0. The highest BCUT2D eigenvalue weighted by Gasteiger charge is 2.45. The van der Waals surface area contributed by atoms with E-state index in [2.05, 4.69) is 15.9 Å². The Morgan fingerprint density at radius 2 is 2.06 bits per heavy atom. The third-order valence-electron chi connectivity index (χ3n) is 2.42. The Bertz CT molecular complexity index is 536. The molecule has 1 aliphatic carbocycles. The van der Waals surface area contributed by atoms with Gasteiger partial charge in [0.05, 0.1) is 0 Å². The number of rotatable bonds is 4. The number of halogens is 4. The van der Waals surface area contributed by atoms with Crippen LogP contribution in [0.2, 0.25) is 0 Å². The van der Waals surface area contributed by atoms with Gasteiger partial charge >= 0.3 is 6.18 Å².